The highest BCUT2D eigenvalue weighted by Crippen LogP contribution is 2.26. The summed E-state index contributed by atoms with van der Waals surface area (Å²) in [6.07, 6.45) is 4.50. The van der Waals surface area contributed by atoms with Crippen LogP contribution in [0.3, 0.4) is 0 Å². The molecule has 0 fully saturated rings. The molecule has 0 atom stereocenters. The van der Waals surface area contributed by atoms with Crippen molar-refractivity contribution in [1.82, 2.24) is 0 Å². The van der Waals surface area contributed by atoms with Crippen LogP contribution in [0.1, 0.15) is 0 Å². The van der Waals surface area contributed by atoms with Crippen LogP contribution in [0.25, 0.3) is 0 Å². The Bertz CT molecular complexity index is 191. The molecule has 0 amide bonds. The van der Waals surface area contributed by atoms with Gasteiger partial charge in [0.25, 0.3) is 0 Å². The number of halogens is 2. The molecule has 1 aliphatic carbocycles. The predicted octanol–water partition coefficient (Wildman–Crippen LogP) is 2.89. The number of allylic oxidation sites excluding steroid dienone is 5. The Morgan fingerprint density at radius 3 is 2.56 bits per heavy atom. The molecule has 9 heavy (non-hydrogen) atoms. The molecular formula is C7H5BrF. The summed E-state index contributed by atoms with van der Waals surface area (Å²) < 4.78 is 13.2. The summed E-state index contributed by atoms with van der Waals surface area (Å²) in [4.78, 5) is 0. The molecule has 0 unspecified atom stereocenters. The molecule has 0 aromatic rings. The Morgan fingerprint density at radius 1 is 1.44 bits per heavy atom. The van der Waals surface area contributed by atoms with Gasteiger partial charge in [-0.3, -0.25) is 0 Å². The Labute approximate surface area is 61.9 Å². The monoisotopic (exact) mass is 187 g/mol. The Balaban J connectivity index is 2.82. The summed E-state index contributed by atoms with van der Waals surface area (Å²) >= 11 is 3.13. The average molecular weight is 188 g/mol. The average Bonchev–Trinajstić information content (AvgIpc) is 1.80. The lowest BCUT2D eigenvalue weighted by Crippen LogP contribution is -1.90. The SMILES string of the molecule is C=C1C=CC(Br)=C[C]1F. The van der Waals surface area contributed by atoms with Gasteiger partial charge in [-0.2, -0.15) is 0 Å². The summed E-state index contributed by atoms with van der Waals surface area (Å²) in [7, 11) is 0. The molecule has 0 aromatic carbocycles. The lowest BCUT2D eigenvalue weighted by Gasteiger charge is -2.05. The standard InChI is InChI=1S/C7H5BrF/c1-5-2-3-6(8)4-7(5)9/h2-4H,1H2. The Morgan fingerprint density at radius 2 is 2.11 bits per heavy atom. The quantitative estimate of drug-likeness (QED) is 0.548. The van der Waals surface area contributed by atoms with Gasteiger partial charge in [-0.15, -0.1) is 0 Å². The first kappa shape index (κ1) is 6.75. The minimum atomic E-state index is -0.274. The number of rotatable bonds is 0. The zero-order valence-corrected chi connectivity index (χ0v) is 6.28. The van der Waals surface area contributed by atoms with E-state index in [1.807, 2.05) is 0 Å². The van der Waals surface area contributed by atoms with Crippen molar-refractivity contribution in [2.75, 3.05) is 0 Å². The summed E-state index contributed by atoms with van der Waals surface area (Å²) in [5.74, 6) is 0. The van der Waals surface area contributed by atoms with Crippen LogP contribution >= 0.6 is 15.9 Å². The molecule has 0 heterocycles. The topological polar surface area (TPSA) is 0 Å². The summed E-state index contributed by atoms with van der Waals surface area (Å²) in [6, 6.07) is 0. The molecule has 0 saturated carbocycles. The van der Waals surface area contributed by atoms with Gasteiger partial charge in [-0.05, 0) is 17.7 Å². The molecule has 2 heteroatoms. The zero-order chi connectivity index (χ0) is 6.85. The molecule has 1 radical (unpaired) electrons. The first-order chi connectivity index (χ1) is 4.20. The molecule has 47 valence electrons. The Hall–Kier alpha value is -0.370. The summed E-state index contributed by atoms with van der Waals surface area (Å²) in [5, 5.41) is 0. The van der Waals surface area contributed by atoms with Crippen molar-refractivity contribution in [2.45, 2.75) is 0 Å². The van der Waals surface area contributed by atoms with Gasteiger partial charge in [0.1, 0.15) is 0 Å². The van der Waals surface area contributed by atoms with Gasteiger partial charge in [-0.25, -0.2) is 4.39 Å². The highest BCUT2D eigenvalue weighted by molar-refractivity contribution is 9.11. The molecule has 1 aliphatic rings. The van der Waals surface area contributed by atoms with Crippen LogP contribution in [-0.2, 0) is 0 Å². The van der Waals surface area contributed by atoms with Crippen LogP contribution < -0.4 is 0 Å². The van der Waals surface area contributed by atoms with E-state index in [9.17, 15) is 4.39 Å². The maximum absolute atomic E-state index is 12.5. The van der Waals surface area contributed by atoms with E-state index in [0.29, 0.717) is 5.57 Å². The predicted molar refractivity (Wildman–Crippen MR) is 39.6 cm³/mol. The summed E-state index contributed by atoms with van der Waals surface area (Å²) in [6.45, 7) is 3.47. The Kier molecular flexibility index (Phi) is 1.86. The van der Waals surface area contributed by atoms with Gasteiger partial charge in [-0.1, -0.05) is 28.6 Å². The van der Waals surface area contributed by atoms with Crippen molar-refractivity contribution in [3.63, 3.8) is 0 Å². The molecule has 0 bridgehead atoms. The lowest BCUT2D eigenvalue weighted by atomic mass is 10.1. The van der Waals surface area contributed by atoms with E-state index >= 15 is 0 Å². The van der Waals surface area contributed by atoms with Crippen molar-refractivity contribution >= 4 is 15.9 Å². The van der Waals surface area contributed by atoms with Crippen molar-refractivity contribution in [3.8, 4) is 0 Å². The van der Waals surface area contributed by atoms with Crippen LogP contribution in [0.15, 0.2) is 34.9 Å². The van der Waals surface area contributed by atoms with Crippen molar-refractivity contribution in [1.29, 1.82) is 0 Å². The van der Waals surface area contributed by atoms with Gasteiger partial charge in [0, 0.05) is 4.48 Å². The van der Waals surface area contributed by atoms with Gasteiger partial charge in [0.15, 0.2) is 6.17 Å². The van der Waals surface area contributed by atoms with E-state index in [0.717, 1.165) is 4.48 Å². The minimum Gasteiger partial charge on any atom is -0.230 e. The summed E-state index contributed by atoms with van der Waals surface area (Å²) in [5.41, 5.74) is 0.429. The molecule has 0 nitrogen and oxygen atoms in total. The molecule has 0 spiro atoms. The highest BCUT2D eigenvalue weighted by atomic mass is 79.9. The molecule has 0 saturated heterocycles. The van der Waals surface area contributed by atoms with E-state index < -0.39 is 0 Å². The van der Waals surface area contributed by atoms with Crippen LogP contribution in [0.4, 0.5) is 4.39 Å². The van der Waals surface area contributed by atoms with Gasteiger partial charge >= 0.3 is 0 Å². The maximum atomic E-state index is 12.5. The van der Waals surface area contributed by atoms with Gasteiger partial charge in [0.2, 0.25) is 0 Å². The highest BCUT2D eigenvalue weighted by Gasteiger charge is 2.10. The fourth-order valence-corrected chi connectivity index (χ4v) is 0.855. The lowest BCUT2D eigenvalue weighted by molar-refractivity contribution is 0.576. The molecule has 1 rings (SSSR count). The van der Waals surface area contributed by atoms with E-state index in [2.05, 4.69) is 22.5 Å². The minimum absolute atomic E-state index is 0.274. The number of hydrogen-bond donors (Lipinski definition) is 0. The normalized spacial score (nSPS) is 20.2. The van der Waals surface area contributed by atoms with Crippen molar-refractivity contribution in [3.05, 3.63) is 41.0 Å². The van der Waals surface area contributed by atoms with E-state index in [4.69, 9.17) is 0 Å². The largest absolute Gasteiger partial charge is 0.230 e. The fraction of sp³-hybridized carbons (Fsp3) is 0. The first-order valence-electron chi connectivity index (χ1n) is 2.47. The van der Waals surface area contributed by atoms with E-state index in [1.165, 1.54) is 6.08 Å². The van der Waals surface area contributed by atoms with Gasteiger partial charge in [0.05, 0.1) is 0 Å². The third-order valence-electron chi connectivity index (χ3n) is 1.02. The number of hydrogen-bond acceptors (Lipinski definition) is 0. The molecule has 0 aliphatic heterocycles. The van der Waals surface area contributed by atoms with Crippen LogP contribution in [0, 0.1) is 6.17 Å². The van der Waals surface area contributed by atoms with E-state index in [-0.39, 0.29) is 6.17 Å². The second-order valence-electron chi connectivity index (χ2n) is 1.74. The molecule has 0 N–H and O–H groups in total. The van der Waals surface area contributed by atoms with E-state index in [1.54, 1.807) is 12.2 Å². The molecular weight excluding hydrogens is 183 g/mol. The van der Waals surface area contributed by atoms with Crippen LogP contribution in [0.5, 0.6) is 0 Å². The third-order valence-corrected chi connectivity index (χ3v) is 1.51. The second kappa shape index (κ2) is 2.48. The molecule has 0 aromatic heterocycles. The maximum Gasteiger partial charge on any atom is 0.196 e. The van der Waals surface area contributed by atoms with Crippen LogP contribution in [0.2, 0.25) is 0 Å². The first-order valence-corrected chi connectivity index (χ1v) is 3.26. The fourth-order valence-electron chi connectivity index (χ4n) is 0.522. The zero-order valence-electron chi connectivity index (χ0n) is 4.70. The van der Waals surface area contributed by atoms with Crippen molar-refractivity contribution in [2.24, 2.45) is 0 Å². The smallest absolute Gasteiger partial charge is 0.196 e. The van der Waals surface area contributed by atoms with Crippen LogP contribution in [-0.4, -0.2) is 0 Å². The second-order valence-corrected chi connectivity index (χ2v) is 2.65. The third kappa shape index (κ3) is 1.52. The van der Waals surface area contributed by atoms with Gasteiger partial charge < -0.3 is 0 Å². The van der Waals surface area contributed by atoms with Crippen molar-refractivity contribution < 1.29 is 4.39 Å².